The van der Waals surface area contributed by atoms with Crippen molar-refractivity contribution in [1.29, 1.82) is 0 Å². The molecule has 0 aliphatic carbocycles. The zero-order valence-electron chi connectivity index (χ0n) is 8.47. The third kappa shape index (κ3) is 461. The van der Waals surface area contributed by atoms with Gasteiger partial charge in [-0.25, -0.2) is 0 Å². The Morgan fingerprint density at radius 2 is 0.250 bits per heavy atom. The van der Waals surface area contributed by atoms with Crippen molar-refractivity contribution >= 4 is 29.3 Å². The molecule has 0 saturated carbocycles. The van der Waals surface area contributed by atoms with Crippen molar-refractivity contribution < 1.29 is 213 Å². The molecule has 0 aromatic carbocycles. The number of hydrogen-bond acceptors (Lipinski definition) is 12. The van der Waals surface area contributed by atoms with Gasteiger partial charge in [-0.15, -0.1) is 0 Å². The van der Waals surface area contributed by atoms with Crippen LogP contribution in [0.25, 0.3) is 0 Å². The Morgan fingerprint density at radius 3 is 0.250 bits per heavy atom. The smallest absolute Gasteiger partial charge is 0.907 e. The van der Waals surface area contributed by atoms with E-state index >= 15 is 0 Å². The summed E-state index contributed by atoms with van der Waals surface area (Å²) in [6.45, 7) is 0. The van der Waals surface area contributed by atoms with Gasteiger partial charge in [0.05, 0.1) is 0 Å². The van der Waals surface area contributed by atoms with Crippen LogP contribution < -0.4 is 60.3 Å². The summed E-state index contributed by atoms with van der Waals surface area (Å²) in [4.78, 5) is 0. The molecule has 20 heteroatoms. The Balaban J connectivity index is -0.0000000150. The van der Waals surface area contributed by atoms with Crippen LogP contribution in [0.5, 0.6) is 0 Å². The van der Waals surface area contributed by atoms with Crippen molar-refractivity contribution in [3.8, 4) is 0 Å². The Bertz CT molecular complexity index is 70.4. The second-order valence-corrected chi connectivity index (χ2v) is 1.15. The average molecular weight is 885 g/mol. The standard InChI is InChI=1S/4BO3.4Dy/c4*2-1(3)4;;;;/q4*-3;4*+3. The average Bonchev–Trinajstić information content (AvgIpc) is 1.76. The van der Waals surface area contributed by atoms with Crippen molar-refractivity contribution in [3.05, 3.63) is 0 Å². The molecule has 4 radical (unpaired) electrons. The Kier molecular flexibility index (Phi) is 109. The molecule has 0 unspecified atom stereocenters. The third-order valence-corrected chi connectivity index (χ3v) is 0. The van der Waals surface area contributed by atoms with Crippen molar-refractivity contribution in [3.63, 3.8) is 0 Å². The molecule has 0 atom stereocenters. The molecule has 0 aromatic heterocycles. The topological polar surface area (TPSA) is 277 Å². The summed E-state index contributed by atoms with van der Waals surface area (Å²) in [7, 11) is -11.7. The van der Waals surface area contributed by atoms with E-state index in [9.17, 15) is 0 Å². The molecule has 0 aliphatic rings. The minimum atomic E-state index is -2.92. The van der Waals surface area contributed by atoms with Gasteiger partial charge in [0.1, 0.15) is 0 Å². The van der Waals surface area contributed by atoms with Gasteiger partial charge in [-0.1, -0.05) is 0 Å². The van der Waals surface area contributed by atoms with Crippen LogP contribution in [0.15, 0.2) is 0 Å². The molecule has 0 saturated heterocycles. The molecular weight excluding hydrogens is 885 g/mol. The monoisotopic (exact) mass is 892 g/mol. The number of rotatable bonds is 0. The summed E-state index contributed by atoms with van der Waals surface area (Å²) in [5.74, 6) is 0. The molecular formula is B4Dy4O12. The Morgan fingerprint density at radius 1 is 0.250 bits per heavy atom. The molecule has 0 aromatic rings. The summed E-state index contributed by atoms with van der Waals surface area (Å²) >= 11 is 0. The van der Waals surface area contributed by atoms with Crippen LogP contribution in [-0.2, 0) is 0 Å². The predicted octanol–water partition coefficient (Wildman–Crippen LogP) is -15.8. The minimum Gasteiger partial charge on any atom is -0.907 e. The first-order valence-electron chi connectivity index (χ1n) is 2.83. The van der Waals surface area contributed by atoms with Crippen LogP contribution in [0.3, 0.4) is 0 Å². The fraction of sp³-hybridized carbons (Fsp3) is 0. The van der Waals surface area contributed by atoms with Gasteiger partial charge in [-0.05, 0) is 0 Å². The molecule has 0 spiro atoms. The first-order valence-corrected chi connectivity index (χ1v) is 2.83. The maximum Gasteiger partial charge on any atom is 3.00 e. The second kappa shape index (κ2) is 43.9. The quantitative estimate of drug-likeness (QED) is 0.205. The molecule has 0 heterocycles. The van der Waals surface area contributed by atoms with Crippen molar-refractivity contribution in [2.75, 3.05) is 0 Å². The van der Waals surface area contributed by atoms with Crippen LogP contribution in [0.4, 0.5) is 0 Å². The van der Waals surface area contributed by atoms with Crippen LogP contribution in [-0.4, -0.2) is 29.3 Å². The van der Waals surface area contributed by atoms with Gasteiger partial charge in [0, 0.05) is 0 Å². The maximum absolute atomic E-state index is 8.42. The van der Waals surface area contributed by atoms with Crippen LogP contribution in [0.2, 0.25) is 0 Å². The molecule has 12 nitrogen and oxygen atoms in total. The Hall–Kier alpha value is 4.87. The van der Waals surface area contributed by atoms with Crippen molar-refractivity contribution in [2.45, 2.75) is 0 Å². The molecule has 0 bridgehead atoms. The molecule has 0 amide bonds. The molecule has 20 heavy (non-hydrogen) atoms. The molecule has 0 fully saturated rings. The van der Waals surface area contributed by atoms with E-state index in [1.165, 1.54) is 0 Å². The van der Waals surface area contributed by atoms with Gasteiger partial charge >= 0.3 is 153 Å². The van der Waals surface area contributed by atoms with Gasteiger partial charge in [-0.2, -0.15) is 0 Å². The Labute approximate surface area is 237 Å². The van der Waals surface area contributed by atoms with E-state index in [0.29, 0.717) is 0 Å². The van der Waals surface area contributed by atoms with E-state index in [0.717, 1.165) is 0 Å². The van der Waals surface area contributed by atoms with E-state index in [4.69, 9.17) is 60.3 Å². The zero-order chi connectivity index (χ0) is 14.3. The fourth-order valence-electron chi connectivity index (χ4n) is 0. The van der Waals surface area contributed by atoms with E-state index < -0.39 is 29.3 Å². The summed E-state index contributed by atoms with van der Waals surface area (Å²) < 4.78 is 0. The van der Waals surface area contributed by atoms with Crippen LogP contribution in [0.1, 0.15) is 0 Å². The fourth-order valence-corrected chi connectivity index (χ4v) is 0. The van der Waals surface area contributed by atoms with E-state index in [2.05, 4.69) is 0 Å². The first-order chi connectivity index (χ1) is 6.93. The van der Waals surface area contributed by atoms with Gasteiger partial charge in [0.15, 0.2) is 0 Å². The minimum absolute atomic E-state index is 0. The van der Waals surface area contributed by atoms with Gasteiger partial charge in [0.2, 0.25) is 0 Å². The summed E-state index contributed by atoms with van der Waals surface area (Å²) in [5, 5.41) is 101. The van der Waals surface area contributed by atoms with Crippen LogP contribution >= 0.6 is 0 Å². The predicted molar refractivity (Wildman–Crippen MR) is 23.0 cm³/mol. The second-order valence-electron chi connectivity index (χ2n) is 1.15. The van der Waals surface area contributed by atoms with Gasteiger partial charge in [-0.3, -0.25) is 29.3 Å². The van der Waals surface area contributed by atoms with Crippen LogP contribution in [0, 0.1) is 153 Å². The summed E-state index contributed by atoms with van der Waals surface area (Å²) in [6.07, 6.45) is 0. The third-order valence-electron chi connectivity index (χ3n) is 0. The maximum atomic E-state index is 8.42. The van der Waals surface area contributed by atoms with E-state index in [-0.39, 0.29) is 153 Å². The molecule has 0 rings (SSSR count). The normalized spacial score (nSPS) is 5.40. The van der Waals surface area contributed by atoms with Crippen molar-refractivity contribution in [1.82, 2.24) is 0 Å². The van der Waals surface area contributed by atoms with Gasteiger partial charge in [0.25, 0.3) is 0 Å². The van der Waals surface area contributed by atoms with E-state index in [1.807, 2.05) is 0 Å². The summed E-state index contributed by atoms with van der Waals surface area (Å²) in [6, 6.07) is 0. The molecule has 0 aliphatic heterocycles. The largest absolute Gasteiger partial charge is 3.00 e. The number of hydrogen-bond donors (Lipinski definition) is 0. The zero-order valence-corrected chi connectivity index (χ0v) is 16.6. The molecule has 124 valence electrons. The summed E-state index contributed by atoms with van der Waals surface area (Å²) in [5.41, 5.74) is 0. The van der Waals surface area contributed by atoms with Gasteiger partial charge < -0.3 is 60.3 Å². The van der Waals surface area contributed by atoms with E-state index in [1.54, 1.807) is 0 Å². The SMILES string of the molecule is [Dy+3].[Dy+3].[Dy+3].[Dy+3].[O-]B([O-])[O-].[O-]B([O-])[O-].[O-]B([O-])[O-].[O-]B([O-])[O-]. The molecule has 0 N–H and O–H groups in total. The first kappa shape index (κ1) is 49.8. The van der Waals surface area contributed by atoms with Crippen molar-refractivity contribution in [2.24, 2.45) is 0 Å².